The van der Waals surface area contributed by atoms with Gasteiger partial charge in [-0.25, -0.2) is 9.98 Å². The summed E-state index contributed by atoms with van der Waals surface area (Å²) in [7, 11) is 0. The van der Waals surface area contributed by atoms with Crippen molar-refractivity contribution in [2.75, 3.05) is 0 Å². The third kappa shape index (κ3) is 4.24. The first kappa shape index (κ1) is 16.3. The van der Waals surface area contributed by atoms with E-state index < -0.39 is 0 Å². The van der Waals surface area contributed by atoms with Crippen LogP contribution >= 0.6 is 22.9 Å². The number of nitrogens with one attached hydrogen (secondary N) is 1. The van der Waals surface area contributed by atoms with Crippen LogP contribution in [0.3, 0.4) is 0 Å². The van der Waals surface area contributed by atoms with Gasteiger partial charge in [-0.3, -0.25) is 0 Å². The van der Waals surface area contributed by atoms with Crippen LogP contribution in [0.25, 0.3) is 11.3 Å². The fourth-order valence-electron chi connectivity index (χ4n) is 2.87. The molecule has 0 atom stereocenters. The molecule has 3 rings (SSSR count). The number of benzene rings is 1. The summed E-state index contributed by atoms with van der Waals surface area (Å²) in [5.74, 6) is 0.526. The first-order chi connectivity index (χ1) is 11.1. The molecule has 2 aromatic rings. The van der Waals surface area contributed by atoms with E-state index in [0.29, 0.717) is 18.5 Å². The predicted octanol–water partition coefficient (Wildman–Crippen LogP) is 4.12. The normalized spacial score (nSPS) is 16.0. The van der Waals surface area contributed by atoms with Gasteiger partial charge in [0.05, 0.1) is 12.2 Å². The van der Waals surface area contributed by atoms with Crippen LogP contribution in [-0.4, -0.2) is 17.0 Å². The molecule has 0 saturated heterocycles. The fourth-order valence-corrected chi connectivity index (χ4v) is 3.88. The molecule has 1 aromatic carbocycles. The number of hydrogen-bond donors (Lipinski definition) is 2. The summed E-state index contributed by atoms with van der Waals surface area (Å²) in [5, 5.41) is 5.01. The van der Waals surface area contributed by atoms with Gasteiger partial charge in [-0.1, -0.05) is 36.6 Å². The molecule has 4 nitrogen and oxygen atoms in total. The Hall–Kier alpha value is -1.59. The van der Waals surface area contributed by atoms with E-state index in [4.69, 9.17) is 22.3 Å². The Balaban J connectivity index is 1.67. The first-order valence-corrected chi connectivity index (χ1v) is 9.10. The molecule has 1 aromatic heterocycles. The van der Waals surface area contributed by atoms with Crippen molar-refractivity contribution in [3.05, 3.63) is 39.2 Å². The van der Waals surface area contributed by atoms with E-state index in [1.807, 2.05) is 24.3 Å². The summed E-state index contributed by atoms with van der Waals surface area (Å²) in [6, 6.07) is 8.25. The van der Waals surface area contributed by atoms with Gasteiger partial charge in [-0.05, 0) is 31.9 Å². The number of rotatable bonds is 4. The van der Waals surface area contributed by atoms with Crippen LogP contribution in [0.4, 0.5) is 0 Å². The minimum atomic E-state index is 0.487. The van der Waals surface area contributed by atoms with Crippen LogP contribution in [0.5, 0.6) is 0 Å². The van der Waals surface area contributed by atoms with Gasteiger partial charge in [0.2, 0.25) is 0 Å². The van der Waals surface area contributed by atoms with E-state index >= 15 is 0 Å². The second kappa shape index (κ2) is 7.32. The number of nitrogens with zero attached hydrogens (tertiary/aromatic N) is 2. The minimum absolute atomic E-state index is 0.487. The molecule has 0 bridgehead atoms. The average molecular weight is 349 g/mol. The predicted molar refractivity (Wildman–Crippen MR) is 98.0 cm³/mol. The summed E-state index contributed by atoms with van der Waals surface area (Å²) >= 11 is 7.61. The van der Waals surface area contributed by atoms with Crippen molar-refractivity contribution in [1.82, 2.24) is 10.3 Å². The average Bonchev–Trinajstić information content (AvgIpc) is 3.16. The molecule has 0 radical (unpaired) electrons. The highest BCUT2D eigenvalue weighted by Crippen LogP contribution is 2.28. The van der Waals surface area contributed by atoms with Gasteiger partial charge in [0.1, 0.15) is 5.01 Å². The number of halogens is 1. The van der Waals surface area contributed by atoms with Gasteiger partial charge in [0.25, 0.3) is 0 Å². The summed E-state index contributed by atoms with van der Waals surface area (Å²) in [6.07, 6.45) is 4.93. The van der Waals surface area contributed by atoms with Gasteiger partial charge in [-0.15, -0.1) is 11.3 Å². The number of aromatic nitrogens is 1. The molecule has 0 amide bonds. The zero-order valence-electron chi connectivity index (χ0n) is 13.2. The maximum absolute atomic E-state index is 5.98. The summed E-state index contributed by atoms with van der Waals surface area (Å²) in [4.78, 5) is 10.3. The van der Waals surface area contributed by atoms with E-state index in [-0.39, 0.29) is 0 Å². The molecule has 0 spiro atoms. The molecule has 122 valence electrons. The largest absolute Gasteiger partial charge is 0.370 e. The maximum Gasteiger partial charge on any atom is 0.189 e. The Morgan fingerprint density at radius 3 is 2.74 bits per heavy atom. The Kier molecular flexibility index (Phi) is 5.18. The van der Waals surface area contributed by atoms with Crippen LogP contribution in [-0.2, 0) is 6.54 Å². The standard InChI is InChI=1S/C17H21ClN4S/c1-11-16(12-6-8-13(18)9-7-12)22-15(23-11)10-20-17(19)21-14-4-2-3-5-14/h6-9,14H,2-5,10H2,1H3,(H3,19,20,21). The van der Waals surface area contributed by atoms with Crippen molar-refractivity contribution in [1.29, 1.82) is 0 Å². The molecule has 1 saturated carbocycles. The van der Waals surface area contributed by atoms with E-state index in [1.165, 1.54) is 30.6 Å². The lowest BCUT2D eigenvalue weighted by Gasteiger charge is -2.11. The highest BCUT2D eigenvalue weighted by Gasteiger charge is 2.15. The highest BCUT2D eigenvalue weighted by atomic mass is 35.5. The van der Waals surface area contributed by atoms with Crippen LogP contribution < -0.4 is 11.1 Å². The van der Waals surface area contributed by atoms with Gasteiger partial charge in [-0.2, -0.15) is 0 Å². The van der Waals surface area contributed by atoms with Crippen LogP contribution in [0, 0.1) is 6.92 Å². The Labute approximate surface area is 145 Å². The van der Waals surface area contributed by atoms with Crippen molar-refractivity contribution in [2.45, 2.75) is 45.2 Å². The molecule has 1 aliphatic rings. The lowest BCUT2D eigenvalue weighted by Crippen LogP contribution is -2.38. The van der Waals surface area contributed by atoms with E-state index in [1.54, 1.807) is 11.3 Å². The lowest BCUT2D eigenvalue weighted by atomic mass is 10.1. The highest BCUT2D eigenvalue weighted by molar-refractivity contribution is 7.12. The molecule has 1 fully saturated rings. The topological polar surface area (TPSA) is 63.3 Å². The fraction of sp³-hybridized carbons (Fsp3) is 0.412. The second-order valence-corrected chi connectivity index (χ2v) is 7.57. The lowest BCUT2D eigenvalue weighted by molar-refractivity contribution is 0.625. The second-order valence-electron chi connectivity index (χ2n) is 5.85. The van der Waals surface area contributed by atoms with E-state index in [0.717, 1.165) is 21.3 Å². The summed E-state index contributed by atoms with van der Waals surface area (Å²) < 4.78 is 0. The third-order valence-corrected chi connectivity index (χ3v) is 5.26. The van der Waals surface area contributed by atoms with Crippen LogP contribution in [0.15, 0.2) is 29.3 Å². The van der Waals surface area contributed by atoms with Crippen molar-refractivity contribution >= 4 is 28.9 Å². The van der Waals surface area contributed by atoms with Gasteiger partial charge in [0.15, 0.2) is 5.96 Å². The van der Waals surface area contributed by atoms with E-state index in [2.05, 4.69) is 17.2 Å². The number of hydrogen-bond acceptors (Lipinski definition) is 3. The molecule has 23 heavy (non-hydrogen) atoms. The van der Waals surface area contributed by atoms with Crippen LogP contribution in [0.1, 0.15) is 35.6 Å². The molecule has 0 unspecified atom stereocenters. The molecular weight excluding hydrogens is 328 g/mol. The number of thiazole rings is 1. The first-order valence-electron chi connectivity index (χ1n) is 7.90. The quantitative estimate of drug-likeness (QED) is 0.645. The number of guanidine groups is 1. The zero-order chi connectivity index (χ0) is 16.2. The van der Waals surface area contributed by atoms with Crippen molar-refractivity contribution in [2.24, 2.45) is 10.7 Å². The van der Waals surface area contributed by atoms with Gasteiger partial charge >= 0.3 is 0 Å². The van der Waals surface area contributed by atoms with Crippen molar-refractivity contribution in [3.63, 3.8) is 0 Å². The SMILES string of the molecule is Cc1sc(CN=C(N)NC2CCCC2)nc1-c1ccc(Cl)cc1. The molecule has 6 heteroatoms. The Morgan fingerprint density at radius 1 is 1.35 bits per heavy atom. The van der Waals surface area contributed by atoms with Gasteiger partial charge in [0, 0.05) is 21.5 Å². The summed E-state index contributed by atoms with van der Waals surface area (Å²) in [5.41, 5.74) is 8.05. The molecular formula is C17H21ClN4S. The van der Waals surface area contributed by atoms with Crippen LogP contribution in [0.2, 0.25) is 5.02 Å². The maximum atomic E-state index is 5.98. The molecule has 3 N–H and O–H groups in total. The smallest absolute Gasteiger partial charge is 0.189 e. The zero-order valence-corrected chi connectivity index (χ0v) is 14.8. The van der Waals surface area contributed by atoms with Crippen molar-refractivity contribution in [3.8, 4) is 11.3 Å². The minimum Gasteiger partial charge on any atom is -0.370 e. The summed E-state index contributed by atoms with van der Waals surface area (Å²) in [6.45, 7) is 2.60. The number of aryl methyl sites for hydroxylation is 1. The monoisotopic (exact) mass is 348 g/mol. The Bertz CT molecular complexity index is 687. The van der Waals surface area contributed by atoms with Crippen molar-refractivity contribution < 1.29 is 0 Å². The van der Waals surface area contributed by atoms with Gasteiger partial charge < -0.3 is 11.1 Å². The number of nitrogens with two attached hydrogens (primary N) is 1. The molecule has 0 aliphatic heterocycles. The van der Waals surface area contributed by atoms with E-state index in [9.17, 15) is 0 Å². The molecule has 1 heterocycles. The molecule has 1 aliphatic carbocycles. The number of aliphatic imine (C=N–C) groups is 1. The Morgan fingerprint density at radius 2 is 2.04 bits per heavy atom. The third-order valence-electron chi connectivity index (χ3n) is 4.05.